The first-order chi connectivity index (χ1) is 10.3. The standard InChI is InChI=1S/C14H19N3O4S/c1-10-3-5-13(6-4-10)22(20,21)16-14(19)15-12-7-8-17(9-12)11(2)18/h3-6,12H,7-9H2,1-2H3,(H2,15,16,19). The summed E-state index contributed by atoms with van der Waals surface area (Å²) in [7, 11) is -3.89. The normalized spacial score (nSPS) is 18.1. The van der Waals surface area contributed by atoms with Crippen molar-refractivity contribution in [2.24, 2.45) is 0 Å². The molecule has 3 amide bonds. The molecule has 1 aliphatic rings. The molecule has 8 heteroatoms. The summed E-state index contributed by atoms with van der Waals surface area (Å²) in [5, 5.41) is 2.58. The molecule has 0 aromatic heterocycles. The van der Waals surface area contributed by atoms with Crippen molar-refractivity contribution in [2.75, 3.05) is 13.1 Å². The lowest BCUT2D eigenvalue weighted by Gasteiger charge is -2.15. The van der Waals surface area contributed by atoms with Gasteiger partial charge in [-0.15, -0.1) is 0 Å². The van der Waals surface area contributed by atoms with Crippen molar-refractivity contribution in [3.05, 3.63) is 29.8 Å². The Morgan fingerprint density at radius 2 is 1.86 bits per heavy atom. The summed E-state index contributed by atoms with van der Waals surface area (Å²) in [6.45, 7) is 4.26. The number of carbonyl (C=O) groups is 2. The molecule has 2 N–H and O–H groups in total. The Labute approximate surface area is 129 Å². The van der Waals surface area contributed by atoms with Gasteiger partial charge in [-0.05, 0) is 25.5 Å². The summed E-state index contributed by atoms with van der Waals surface area (Å²) >= 11 is 0. The topological polar surface area (TPSA) is 95.6 Å². The van der Waals surface area contributed by atoms with Gasteiger partial charge in [-0.25, -0.2) is 17.9 Å². The largest absolute Gasteiger partial charge is 0.341 e. The Morgan fingerprint density at radius 1 is 1.23 bits per heavy atom. The predicted octanol–water partition coefficient (Wildman–Crippen LogP) is 0.604. The van der Waals surface area contributed by atoms with Gasteiger partial charge in [0.15, 0.2) is 0 Å². The molecule has 0 spiro atoms. The zero-order valence-electron chi connectivity index (χ0n) is 12.5. The average Bonchev–Trinajstić information content (AvgIpc) is 2.87. The van der Waals surface area contributed by atoms with Gasteiger partial charge in [0.05, 0.1) is 4.90 Å². The van der Waals surface area contributed by atoms with Crippen LogP contribution in [0.2, 0.25) is 0 Å². The second-order valence-corrected chi connectivity index (χ2v) is 7.03. The summed E-state index contributed by atoms with van der Waals surface area (Å²) in [6.07, 6.45) is 0.609. The minimum Gasteiger partial charge on any atom is -0.341 e. The monoisotopic (exact) mass is 325 g/mol. The molecule has 22 heavy (non-hydrogen) atoms. The van der Waals surface area contributed by atoms with E-state index in [0.717, 1.165) is 5.56 Å². The van der Waals surface area contributed by atoms with Gasteiger partial charge in [0.2, 0.25) is 5.91 Å². The van der Waals surface area contributed by atoms with E-state index >= 15 is 0 Å². The first kappa shape index (κ1) is 16.3. The van der Waals surface area contributed by atoms with Crippen molar-refractivity contribution in [1.29, 1.82) is 0 Å². The minimum absolute atomic E-state index is 0.0324. The minimum atomic E-state index is -3.89. The van der Waals surface area contributed by atoms with Crippen molar-refractivity contribution < 1.29 is 18.0 Å². The highest BCUT2D eigenvalue weighted by Crippen LogP contribution is 2.11. The Kier molecular flexibility index (Phi) is 4.70. The van der Waals surface area contributed by atoms with Crippen molar-refractivity contribution >= 4 is 22.0 Å². The van der Waals surface area contributed by atoms with Crippen molar-refractivity contribution in [1.82, 2.24) is 14.9 Å². The number of urea groups is 1. The number of amides is 3. The molecule has 1 fully saturated rings. The van der Waals surface area contributed by atoms with Crippen LogP contribution in [0.15, 0.2) is 29.2 Å². The molecule has 7 nitrogen and oxygen atoms in total. The van der Waals surface area contributed by atoms with E-state index in [4.69, 9.17) is 0 Å². The zero-order chi connectivity index (χ0) is 16.3. The number of benzene rings is 1. The molecule has 1 aromatic carbocycles. The van der Waals surface area contributed by atoms with Crippen molar-refractivity contribution in [2.45, 2.75) is 31.2 Å². The van der Waals surface area contributed by atoms with Crippen LogP contribution in [0, 0.1) is 6.92 Å². The van der Waals surface area contributed by atoms with E-state index in [-0.39, 0.29) is 16.8 Å². The molecule has 0 bridgehead atoms. The van der Waals surface area contributed by atoms with Gasteiger partial charge in [-0.3, -0.25) is 4.79 Å². The molecule has 0 aliphatic carbocycles. The third-order valence-corrected chi connectivity index (χ3v) is 4.87. The molecule has 120 valence electrons. The zero-order valence-corrected chi connectivity index (χ0v) is 13.3. The molecule has 0 saturated carbocycles. The van der Waals surface area contributed by atoms with Crippen LogP contribution in [0.25, 0.3) is 0 Å². The molecule has 1 unspecified atom stereocenters. The maximum atomic E-state index is 12.1. The third-order valence-electron chi connectivity index (χ3n) is 3.53. The highest BCUT2D eigenvalue weighted by atomic mass is 32.2. The van der Waals surface area contributed by atoms with Gasteiger partial charge >= 0.3 is 6.03 Å². The van der Waals surface area contributed by atoms with Crippen LogP contribution in [0.5, 0.6) is 0 Å². The fourth-order valence-electron chi connectivity index (χ4n) is 2.28. The van der Waals surface area contributed by atoms with E-state index in [1.165, 1.54) is 19.1 Å². The van der Waals surface area contributed by atoms with E-state index in [9.17, 15) is 18.0 Å². The van der Waals surface area contributed by atoms with Gasteiger partial charge in [-0.2, -0.15) is 0 Å². The number of carbonyl (C=O) groups excluding carboxylic acids is 2. The van der Waals surface area contributed by atoms with Crippen LogP contribution < -0.4 is 10.0 Å². The first-order valence-electron chi connectivity index (χ1n) is 6.93. The predicted molar refractivity (Wildman–Crippen MR) is 80.7 cm³/mol. The number of sulfonamides is 1. The molecule has 0 radical (unpaired) electrons. The highest BCUT2D eigenvalue weighted by Gasteiger charge is 2.26. The summed E-state index contributed by atoms with van der Waals surface area (Å²) in [5.41, 5.74) is 0.929. The fraction of sp³-hybridized carbons (Fsp3) is 0.429. The molecule has 1 heterocycles. The smallest absolute Gasteiger partial charge is 0.328 e. The number of hydrogen-bond acceptors (Lipinski definition) is 4. The molecular formula is C14H19N3O4S. The second kappa shape index (κ2) is 6.35. The van der Waals surface area contributed by atoms with Crippen LogP contribution in [0.3, 0.4) is 0 Å². The lowest BCUT2D eigenvalue weighted by atomic mass is 10.2. The third kappa shape index (κ3) is 3.97. The number of hydrogen-bond donors (Lipinski definition) is 2. The summed E-state index contributed by atoms with van der Waals surface area (Å²) < 4.78 is 26.1. The summed E-state index contributed by atoms with van der Waals surface area (Å²) in [4.78, 5) is 24.7. The van der Waals surface area contributed by atoms with Crippen LogP contribution >= 0.6 is 0 Å². The number of aryl methyl sites for hydroxylation is 1. The molecule has 1 saturated heterocycles. The van der Waals surface area contributed by atoms with E-state index in [1.54, 1.807) is 17.0 Å². The van der Waals surface area contributed by atoms with E-state index in [1.807, 2.05) is 11.6 Å². The van der Waals surface area contributed by atoms with Gasteiger partial charge in [-0.1, -0.05) is 17.7 Å². The molecular weight excluding hydrogens is 306 g/mol. The van der Waals surface area contributed by atoms with Crippen LogP contribution in [0.1, 0.15) is 18.9 Å². The Morgan fingerprint density at radius 3 is 2.41 bits per heavy atom. The maximum absolute atomic E-state index is 12.1. The number of nitrogens with one attached hydrogen (secondary N) is 2. The van der Waals surface area contributed by atoms with Gasteiger partial charge in [0.1, 0.15) is 0 Å². The van der Waals surface area contributed by atoms with Crippen LogP contribution in [-0.4, -0.2) is 44.4 Å². The van der Waals surface area contributed by atoms with E-state index in [2.05, 4.69) is 5.32 Å². The second-order valence-electron chi connectivity index (χ2n) is 5.34. The first-order valence-corrected chi connectivity index (χ1v) is 8.42. The maximum Gasteiger partial charge on any atom is 0.328 e. The van der Waals surface area contributed by atoms with Crippen LogP contribution in [0.4, 0.5) is 4.79 Å². The fourth-order valence-corrected chi connectivity index (χ4v) is 3.19. The lowest BCUT2D eigenvalue weighted by molar-refractivity contribution is -0.127. The number of nitrogens with zero attached hydrogens (tertiary/aromatic N) is 1. The highest BCUT2D eigenvalue weighted by molar-refractivity contribution is 7.90. The Hall–Kier alpha value is -2.09. The van der Waals surface area contributed by atoms with Gasteiger partial charge in [0, 0.05) is 26.1 Å². The van der Waals surface area contributed by atoms with Crippen molar-refractivity contribution in [3.8, 4) is 0 Å². The molecule has 1 aliphatic heterocycles. The molecule has 2 rings (SSSR count). The molecule has 1 atom stereocenters. The van der Waals surface area contributed by atoms with E-state index in [0.29, 0.717) is 19.5 Å². The number of likely N-dealkylation sites (tertiary alicyclic amines) is 1. The Bertz CT molecular complexity index is 670. The van der Waals surface area contributed by atoms with Crippen molar-refractivity contribution in [3.63, 3.8) is 0 Å². The SMILES string of the molecule is CC(=O)N1CCC(NC(=O)NS(=O)(=O)c2ccc(C)cc2)C1. The number of rotatable bonds is 3. The average molecular weight is 325 g/mol. The lowest BCUT2D eigenvalue weighted by Crippen LogP contribution is -2.45. The molecule has 1 aromatic rings. The van der Waals surface area contributed by atoms with E-state index < -0.39 is 16.1 Å². The summed E-state index contributed by atoms with van der Waals surface area (Å²) in [5.74, 6) is -0.0583. The van der Waals surface area contributed by atoms with Crippen LogP contribution in [-0.2, 0) is 14.8 Å². The summed E-state index contributed by atoms with van der Waals surface area (Å²) in [6, 6.07) is 5.19. The Balaban J connectivity index is 1.94. The quantitative estimate of drug-likeness (QED) is 0.851. The van der Waals surface area contributed by atoms with Gasteiger partial charge in [0.25, 0.3) is 10.0 Å². The van der Waals surface area contributed by atoms with Gasteiger partial charge < -0.3 is 10.2 Å².